The Morgan fingerprint density at radius 3 is 2.61 bits per heavy atom. The second-order valence-electron chi connectivity index (χ2n) is 8.82. The number of carbonyl (C=O) groups excluding carboxylic acids is 1. The Morgan fingerprint density at radius 2 is 1.88 bits per heavy atom. The Labute approximate surface area is 192 Å². The number of nitrogens with zero attached hydrogens (tertiary/aromatic N) is 4. The van der Waals surface area contributed by atoms with Crippen molar-refractivity contribution in [3.63, 3.8) is 0 Å². The monoisotopic (exact) mass is 464 g/mol. The number of hydrogen-bond acceptors (Lipinski definition) is 4. The minimum absolute atomic E-state index is 0.0315. The standard InChI is InChI=1S/C24H31F3N4O2/c25-24(26,27)21-8-4-3-7-20(21)17-30-10-9-28-22(30)18-31(23(32)19-5-1-2-6-19)12-11-29-13-15-33-16-14-29/h3-4,7-10,19H,1-2,5-6,11-18H2. The first-order valence-electron chi connectivity index (χ1n) is 11.7. The van der Waals surface area contributed by atoms with E-state index >= 15 is 0 Å². The minimum Gasteiger partial charge on any atom is -0.379 e. The number of amides is 1. The van der Waals surface area contributed by atoms with E-state index in [1.807, 2.05) is 4.90 Å². The van der Waals surface area contributed by atoms with Gasteiger partial charge in [-0.15, -0.1) is 0 Å². The van der Waals surface area contributed by atoms with Crippen LogP contribution >= 0.6 is 0 Å². The zero-order valence-electron chi connectivity index (χ0n) is 18.8. The number of alkyl halides is 3. The molecular formula is C24H31F3N4O2. The van der Waals surface area contributed by atoms with Crippen molar-refractivity contribution in [2.24, 2.45) is 5.92 Å². The third-order valence-corrected chi connectivity index (χ3v) is 6.60. The van der Waals surface area contributed by atoms with Gasteiger partial charge in [0, 0.05) is 51.0 Å². The maximum absolute atomic E-state index is 13.5. The zero-order valence-corrected chi connectivity index (χ0v) is 18.8. The van der Waals surface area contributed by atoms with Gasteiger partial charge in [0.1, 0.15) is 5.82 Å². The van der Waals surface area contributed by atoms with Crippen molar-refractivity contribution < 1.29 is 22.7 Å². The third kappa shape index (κ3) is 6.14. The number of carbonyl (C=O) groups is 1. The molecule has 9 heteroatoms. The van der Waals surface area contributed by atoms with Crippen molar-refractivity contribution in [3.8, 4) is 0 Å². The first-order valence-corrected chi connectivity index (χ1v) is 11.7. The van der Waals surface area contributed by atoms with Gasteiger partial charge < -0.3 is 14.2 Å². The van der Waals surface area contributed by atoms with Crippen molar-refractivity contribution in [3.05, 3.63) is 53.6 Å². The summed E-state index contributed by atoms with van der Waals surface area (Å²) in [5.74, 6) is 0.760. The van der Waals surface area contributed by atoms with E-state index in [-0.39, 0.29) is 23.9 Å². The molecule has 2 aromatic rings. The largest absolute Gasteiger partial charge is 0.416 e. The van der Waals surface area contributed by atoms with Gasteiger partial charge in [0.05, 0.1) is 25.3 Å². The predicted octanol–water partition coefficient (Wildman–Crippen LogP) is 3.80. The molecule has 0 N–H and O–H groups in total. The van der Waals surface area contributed by atoms with E-state index < -0.39 is 11.7 Å². The molecular weight excluding hydrogens is 433 g/mol. The van der Waals surface area contributed by atoms with Crippen LogP contribution in [0.15, 0.2) is 36.7 Å². The number of morpholine rings is 1. The Kier molecular flexibility index (Phi) is 7.70. The number of imidazole rings is 1. The Balaban J connectivity index is 1.50. The summed E-state index contributed by atoms with van der Waals surface area (Å²) in [6.07, 6.45) is 2.79. The summed E-state index contributed by atoms with van der Waals surface area (Å²) in [7, 11) is 0. The van der Waals surface area contributed by atoms with Gasteiger partial charge in [0.2, 0.25) is 5.91 Å². The smallest absolute Gasteiger partial charge is 0.379 e. The van der Waals surface area contributed by atoms with Crippen LogP contribution in [0.3, 0.4) is 0 Å². The lowest BCUT2D eigenvalue weighted by atomic mass is 10.1. The average Bonchev–Trinajstić information content (AvgIpc) is 3.49. The van der Waals surface area contributed by atoms with E-state index in [9.17, 15) is 18.0 Å². The molecule has 33 heavy (non-hydrogen) atoms. The molecule has 2 heterocycles. The van der Waals surface area contributed by atoms with Crippen molar-refractivity contribution >= 4 is 5.91 Å². The molecule has 2 fully saturated rings. The first kappa shape index (κ1) is 23.8. The number of rotatable bonds is 8. The highest BCUT2D eigenvalue weighted by molar-refractivity contribution is 5.79. The van der Waals surface area contributed by atoms with Crippen LogP contribution < -0.4 is 0 Å². The Morgan fingerprint density at radius 1 is 1.15 bits per heavy atom. The molecule has 1 amide bonds. The van der Waals surface area contributed by atoms with E-state index in [2.05, 4.69) is 9.88 Å². The van der Waals surface area contributed by atoms with E-state index in [4.69, 9.17) is 4.74 Å². The normalized spacial score (nSPS) is 18.0. The molecule has 180 valence electrons. The highest BCUT2D eigenvalue weighted by Crippen LogP contribution is 2.32. The number of benzene rings is 1. The number of halogens is 3. The molecule has 4 rings (SSSR count). The second kappa shape index (κ2) is 10.7. The number of hydrogen-bond donors (Lipinski definition) is 0. The van der Waals surface area contributed by atoms with Crippen LogP contribution in [-0.2, 0) is 28.8 Å². The van der Waals surface area contributed by atoms with Gasteiger partial charge in [0.25, 0.3) is 0 Å². The number of aromatic nitrogens is 2. The van der Waals surface area contributed by atoms with Crippen LogP contribution in [0.1, 0.15) is 42.6 Å². The highest BCUT2D eigenvalue weighted by Gasteiger charge is 2.33. The van der Waals surface area contributed by atoms with Gasteiger partial charge in [-0.2, -0.15) is 13.2 Å². The molecule has 1 aliphatic heterocycles. The van der Waals surface area contributed by atoms with Crippen molar-refractivity contribution in [1.82, 2.24) is 19.4 Å². The molecule has 1 aliphatic carbocycles. The molecule has 0 spiro atoms. The summed E-state index contributed by atoms with van der Waals surface area (Å²) in [6, 6.07) is 5.60. The summed E-state index contributed by atoms with van der Waals surface area (Å²) in [6.45, 7) is 4.74. The molecule has 1 saturated carbocycles. The Hall–Kier alpha value is -2.39. The zero-order chi connectivity index (χ0) is 23.3. The quantitative estimate of drug-likeness (QED) is 0.596. The Bertz CT molecular complexity index is 918. The number of ether oxygens (including phenoxy) is 1. The fraction of sp³-hybridized carbons (Fsp3) is 0.583. The van der Waals surface area contributed by atoms with Crippen LogP contribution in [0, 0.1) is 5.92 Å². The molecule has 6 nitrogen and oxygen atoms in total. The van der Waals surface area contributed by atoms with Gasteiger partial charge in [0.15, 0.2) is 0 Å². The van der Waals surface area contributed by atoms with Crippen LogP contribution in [0.2, 0.25) is 0 Å². The van der Waals surface area contributed by atoms with Gasteiger partial charge in [-0.05, 0) is 24.5 Å². The lowest BCUT2D eigenvalue weighted by Gasteiger charge is -2.31. The van der Waals surface area contributed by atoms with Crippen molar-refractivity contribution in [1.29, 1.82) is 0 Å². The second-order valence-corrected chi connectivity index (χ2v) is 8.82. The molecule has 1 aromatic heterocycles. The molecule has 0 unspecified atom stereocenters. The summed E-state index contributed by atoms with van der Waals surface area (Å²) >= 11 is 0. The summed E-state index contributed by atoms with van der Waals surface area (Å²) in [4.78, 5) is 21.8. The van der Waals surface area contributed by atoms with Gasteiger partial charge >= 0.3 is 6.18 Å². The lowest BCUT2D eigenvalue weighted by molar-refractivity contribution is -0.138. The summed E-state index contributed by atoms with van der Waals surface area (Å²) in [5.41, 5.74) is -0.456. The molecule has 0 radical (unpaired) electrons. The van der Waals surface area contributed by atoms with Crippen LogP contribution in [0.25, 0.3) is 0 Å². The van der Waals surface area contributed by atoms with Crippen molar-refractivity contribution in [2.75, 3.05) is 39.4 Å². The van der Waals surface area contributed by atoms with Crippen LogP contribution in [0.5, 0.6) is 0 Å². The van der Waals surface area contributed by atoms with Gasteiger partial charge in [-0.1, -0.05) is 31.0 Å². The van der Waals surface area contributed by atoms with E-state index in [0.717, 1.165) is 51.4 Å². The molecule has 1 saturated heterocycles. The summed E-state index contributed by atoms with van der Waals surface area (Å²) < 4.78 is 47.5. The van der Waals surface area contributed by atoms with Crippen LogP contribution in [0.4, 0.5) is 13.2 Å². The topological polar surface area (TPSA) is 50.6 Å². The lowest BCUT2D eigenvalue weighted by Crippen LogP contribution is -2.44. The SMILES string of the molecule is O=C(C1CCCC1)N(CCN1CCOCC1)Cc1nccn1Cc1ccccc1C(F)(F)F. The first-order chi connectivity index (χ1) is 15.9. The highest BCUT2D eigenvalue weighted by atomic mass is 19.4. The minimum atomic E-state index is -4.42. The van der Waals surface area contributed by atoms with Crippen LogP contribution in [-0.4, -0.2) is 64.7 Å². The van der Waals surface area contributed by atoms with Gasteiger partial charge in [-0.3, -0.25) is 9.69 Å². The molecule has 1 aromatic carbocycles. The van der Waals surface area contributed by atoms with Crippen molar-refractivity contribution in [2.45, 2.75) is 44.9 Å². The van der Waals surface area contributed by atoms with E-state index in [1.165, 1.54) is 12.1 Å². The maximum Gasteiger partial charge on any atom is 0.416 e. The fourth-order valence-corrected chi connectivity index (χ4v) is 4.71. The average molecular weight is 465 g/mol. The summed E-state index contributed by atoms with van der Waals surface area (Å²) in [5, 5.41) is 0. The van der Waals surface area contributed by atoms with Gasteiger partial charge in [-0.25, -0.2) is 4.98 Å². The molecule has 0 bridgehead atoms. The molecule has 2 aliphatic rings. The fourth-order valence-electron chi connectivity index (χ4n) is 4.71. The predicted molar refractivity (Wildman–Crippen MR) is 117 cm³/mol. The third-order valence-electron chi connectivity index (χ3n) is 6.60. The van der Waals surface area contributed by atoms with E-state index in [1.54, 1.807) is 23.0 Å². The maximum atomic E-state index is 13.5. The molecule has 0 atom stereocenters. The van der Waals surface area contributed by atoms with E-state index in [0.29, 0.717) is 32.1 Å².